The third kappa shape index (κ3) is 14.0. The number of phenols is 2. The first-order chi connectivity index (χ1) is 29.5. The van der Waals surface area contributed by atoms with Gasteiger partial charge in [0.05, 0.1) is 34.1 Å². The van der Waals surface area contributed by atoms with Gasteiger partial charge in [0.1, 0.15) is 32.6 Å². The molecule has 34 heteroatoms. The number of phenolic OH excluding ortho intramolecular Hbond substituents is 2. The molecule has 0 aliphatic carbocycles. The number of aryl methyl sites for hydroxylation is 1. The van der Waals surface area contributed by atoms with E-state index < -0.39 is 74.6 Å². The van der Waals surface area contributed by atoms with Crippen molar-refractivity contribution >= 4 is 129 Å². The number of anilines is 2. The number of hydrogen-bond donors (Lipinski definition) is 8. The van der Waals surface area contributed by atoms with Crippen LogP contribution in [0.5, 0.6) is 11.5 Å². The van der Waals surface area contributed by atoms with Crippen LogP contribution in [0, 0.1) is 18.3 Å². The molecule has 1 aromatic heterocycles. The molecule has 0 aliphatic rings. The Morgan fingerprint density at radius 2 is 1.58 bits per heavy atom. The Labute approximate surface area is 386 Å². The van der Waals surface area contributed by atoms with Crippen molar-refractivity contribution in [3.63, 3.8) is 0 Å². The second-order valence-corrected chi connectivity index (χ2v) is 18.0. The maximum Gasteiger partial charge on any atom is 0.433 e. The zero-order valence-corrected chi connectivity index (χ0v) is 37.3. The maximum absolute atomic E-state index is 12.8. The Kier molecular flexibility index (Phi) is 17.6. The van der Waals surface area contributed by atoms with Gasteiger partial charge in [-0.1, -0.05) is 16.8 Å². The molecule has 5 rings (SSSR count). The number of nitrogens with one attached hydrogen (secondary N) is 1. The number of thioether (sulfide) groups is 2. The fourth-order valence-corrected chi connectivity index (χ4v) is 8.20. The fourth-order valence-electron chi connectivity index (χ4n) is 4.75. The maximum atomic E-state index is 12.8. The smallest absolute Gasteiger partial charge is 0.433 e. The molecule has 0 spiro atoms. The summed E-state index contributed by atoms with van der Waals surface area (Å²) < 4.78 is 107. The number of aliphatic carboxylic acids is 1. The summed E-state index contributed by atoms with van der Waals surface area (Å²) in [6, 6.07) is 9.00. The summed E-state index contributed by atoms with van der Waals surface area (Å²) in [5.41, 5.74) is -1.20. The number of carboxylic acid groups (broad SMARTS) is 1. The van der Waals surface area contributed by atoms with Crippen LogP contribution in [0.15, 0.2) is 93.7 Å². The normalized spacial score (nSPS) is 12.0. The largest absolute Gasteiger partial charge is 0.506 e. The van der Waals surface area contributed by atoms with Crippen molar-refractivity contribution in [2.24, 2.45) is 20.5 Å². The quantitative estimate of drug-likeness (QED) is 0.00691. The van der Waals surface area contributed by atoms with Crippen molar-refractivity contribution in [1.82, 2.24) is 15.0 Å². The molecule has 1 radical (unpaired) electrons. The van der Waals surface area contributed by atoms with Crippen LogP contribution in [0.4, 0.5) is 34.4 Å². The van der Waals surface area contributed by atoms with E-state index in [0.717, 1.165) is 30.3 Å². The molecule has 0 aliphatic heterocycles. The molecule has 0 bridgehead atoms. The monoisotopic (exact) mass is 1070 g/mol. The van der Waals surface area contributed by atoms with Crippen molar-refractivity contribution in [3.05, 3.63) is 59.4 Å². The van der Waals surface area contributed by atoms with Gasteiger partial charge in [-0.2, -0.15) is 45.3 Å². The van der Waals surface area contributed by atoms with E-state index in [1.54, 1.807) is 6.11 Å². The third-order valence-corrected chi connectivity index (χ3v) is 11.5. The first-order valence-corrected chi connectivity index (χ1v) is 23.0. The van der Waals surface area contributed by atoms with E-state index in [-0.39, 0.29) is 89.1 Å². The second-order valence-electron chi connectivity index (χ2n) is 11.3. The summed E-state index contributed by atoms with van der Waals surface area (Å²) in [5.74, 6) is -3.37. The van der Waals surface area contributed by atoms with Crippen LogP contribution in [0.3, 0.4) is 0 Å². The first kappa shape index (κ1) is 51.6. The minimum atomic E-state index is -5.18. The molecule has 64 heavy (non-hydrogen) atoms. The SMILES string of the molecule is Cc1cc(N=Nc2c(SOOO)cc3c(S(=O)(=O)O)c(Nc4nc(Cl)nc(SCC(=O)O)n4)ccc3c2O)c(O)cc1N=Nc1ccc(SC#COOS(=O)(=O)O)cc1S(=O)(=O)O.[Cu]. The summed E-state index contributed by atoms with van der Waals surface area (Å²) in [6.07, 6.45) is 1.76. The van der Waals surface area contributed by atoms with Crippen molar-refractivity contribution < 1.29 is 99.9 Å². The van der Waals surface area contributed by atoms with Crippen LogP contribution in [0.25, 0.3) is 10.8 Å². The molecule has 0 amide bonds. The van der Waals surface area contributed by atoms with E-state index in [0.29, 0.717) is 23.5 Å². The van der Waals surface area contributed by atoms with Crippen LogP contribution in [-0.4, -0.2) is 86.2 Å². The number of carbonyl (C=O) groups is 1. The van der Waals surface area contributed by atoms with Gasteiger partial charge in [-0.15, -0.1) is 19.7 Å². The summed E-state index contributed by atoms with van der Waals surface area (Å²) >= 11 is 7.41. The predicted molar refractivity (Wildman–Crippen MR) is 217 cm³/mol. The van der Waals surface area contributed by atoms with Crippen LogP contribution in [0.2, 0.25) is 5.28 Å². The van der Waals surface area contributed by atoms with E-state index in [1.165, 1.54) is 25.1 Å². The summed E-state index contributed by atoms with van der Waals surface area (Å²) in [7, 11) is -15.0. The molecule has 0 fully saturated rings. The molecule has 5 aromatic rings. The first-order valence-electron chi connectivity index (χ1n) is 15.8. The molecular weight excluding hydrogens is 1050 g/mol. The summed E-state index contributed by atoms with van der Waals surface area (Å²) in [4.78, 5) is 24.8. The Balaban J connectivity index is 0.00000898. The van der Waals surface area contributed by atoms with Gasteiger partial charge in [-0.3, -0.25) is 23.3 Å². The average Bonchev–Trinajstić information content (AvgIpc) is 3.18. The molecule has 26 nitrogen and oxygen atoms in total. The fraction of sp³-hybridized carbons (Fsp3) is 0.0667. The van der Waals surface area contributed by atoms with Gasteiger partial charge in [0.15, 0.2) is 17.0 Å². The summed E-state index contributed by atoms with van der Waals surface area (Å²) in [6.45, 7) is 1.48. The van der Waals surface area contributed by atoms with Crippen molar-refractivity contribution in [2.45, 2.75) is 31.7 Å². The molecule has 0 saturated carbocycles. The Bertz CT molecular complexity index is 3110. The third-order valence-electron chi connectivity index (χ3n) is 7.15. The van der Waals surface area contributed by atoms with Crippen LogP contribution in [0.1, 0.15) is 5.56 Å². The Morgan fingerprint density at radius 1 is 0.875 bits per heavy atom. The van der Waals surface area contributed by atoms with E-state index in [9.17, 15) is 49.4 Å². The van der Waals surface area contributed by atoms with Crippen LogP contribution in [-0.2, 0) is 71.1 Å². The molecule has 4 aromatic carbocycles. The molecule has 0 unspecified atom stereocenters. The zero-order chi connectivity index (χ0) is 46.3. The molecular formula is C30H21ClCuN8O18S6. The molecule has 0 saturated heterocycles. The molecule has 0 atom stereocenters. The van der Waals surface area contributed by atoms with Crippen LogP contribution < -0.4 is 5.32 Å². The number of halogens is 1. The number of hydrogen-bond acceptors (Lipinski definition) is 25. The number of nitrogens with zero attached hydrogens (tertiary/aromatic N) is 7. The summed E-state index contributed by atoms with van der Waals surface area (Å²) in [5, 5.41) is 63.0. The van der Waals surface area contributed by atoms with Crippen molar-refractivity contribution in [1.29, 1.82) is 0 Å². The van der Waals surface area contributed by atoms with E-state index in [4.69, 9.17) is 26.5 Å². The van der Waals surface area contributed by atoms with E-state index in [1.807, 2.05) is 0 Å². The predicted octanol–water partition coefficient (Wildman–Crippen LogP) is 6.83. The number of aromatic nitrogens is 3. The number of azo groups is 2. The van der Waals surface area contributed by atoms with E-state index >= 15 is 0 Å². The molecule has 343 valence electrons. The average molecular weight is 1070 g/mol. The van der Waals surface area contributed by atoms with Gasteiger partial charge in [0, 0.05) is 44.1 Å². The minimum absolute atomic E-state index is 0. The van der Waals surface area contributed by atoms with Crippen molar-refractivity contribution in [2.75, 3.05) is 11.1 Å². The van der Waals surface area contributed by atoms with Crippen molar-refractivity contribution in [3.8, 4) is 22.9 Å². The van der Waals surface area contributed by atoms with Gasteiger partial charge >= 0.3 is 16.4 Å². The second kappa shape index (κ2) is 21.8. The Morgan fingerprint density at radius 3 is 2.23 bits per heavy atom. The number of benzene rings is 4. The standard InChI is InChI=1S/C30H21ClN8O18S6.Cu/c1-13-8-20(21(40)11-19(13)37-36-17-4-2-14(9-23(17)61(45,46)47)58-7-6-54-57-63(51,52)53)38-39-25-22(60-56-55-44)10-16-15(26(25)43)3-5-18(27(16)62(48,49)50)32-29-33-28(31)34-30(35-29)59-12-24(41)42;/h2-5,8-11,40,43-44H,12H2,1H3,(H,41,42)(H,45,46,47)(H,48,49,50)(H,51,52,53)(H,32,33,34,35);. The van der Waals surface area contributed by atoms with E-state index in [2.05, 4.69) is 64.6 Å². The van der Waals surface area contributed by atoms with Gasteiger partial charge < -0.3 is 20.6 Å². The minimum Gasteiger partial charge on any atom is -0.506 e. The van der Waals surface area contributed by atoms with Gasteiger partial charge in [-0.25, -0.2) is 5.26 Å². The van der Waals surface area contributed by atoms with Gasteiger partial charge in [0.2, 0.25) is 11.2 Å². The van der Waals surface area contributed by atoms with Crippen LogP contribution >= 0.6 is 47.2 Å². The molecule has 1 heterocycles. The zero-order valence-electron chi connectivity index (χ0n) is 30.7. The van der Waals surface area contributed by atoms with Gasteiger partial charge in [-0.05, 0) is 82.6 Å². The number of aromatic hydroxyl groups is 2. The topological polar surface area (TPSA) is 398 Å². The van der Waals surface area contributed by atoms with Gasteiger partial charge in [0.25, 0.3) is 20.2 Å². The molecule has 8 N–H and O–H groups in total. The number of fused-ring (bicyclic) bond motifs is 1. The Hall–Kier alpha value is -4.99. The number of rotatable bonds is 17. The number of carboxylic acids is 1.